The second kappa shape index (κ2) is 4.13. The molecule has 2 aromatic rings. The van der Waals surface area contributed by atoms with E-state index < -0.39 is 0 Å². The van der Waals surface area contributed by atoms with Crippen molar-refractivity contribution in [3.8, 4) is 16.9 Å². The highest BCUT2D eigenvalue weighted by atomic mass is 16.3. The first-order valence-corrected chi connectivity index (χ1v) is 5.67. The molecule has 0 aromatic heterocycles. The maximum Gasteiger partial charge on any atom is 0.125 e. The van der Waals surface area contributed by atoms with Gasteiger partial charge >= 0.3 is 0 Å². The smallest absolute Gasteiger partial charge is 0.125 e. The number of hydrogen-bond donors (Lipinski definition) is 2. The number of nitrogen functional groups attached to an aromatic ring is 1. The molecule has 0 aliphatic carbocycles. The van der Waals surface area contributed by atoms with Gasteiger partial charge in [0.15, 0.2) is 0 Å². The molecular formula is C15H17NO. The Bertz CT molecular complexity index is 553. The van der Waals surface area contributed by atoms with Crippen LogP contribution in [0.25, 0.3) is 11.1 Å². The van der Waals surface area contributed by atoms with Crippen molar-refractivity contribution in [2.24, 2.45) is 0 Å². The summed E-state index contributed by atoms with van der Waals surface area (Å²) in [7, 11) is 0. The number of nitrogens with two attached hydrogens (primary N) is 1. The van der Waals surface area contributed by atoms with E-state index in [2.05, 4.69) is 26.8 Å². The summed E-state index contributed by atoms with van der Waals surface area (Å²) in [4.78, 5) is 0. The van der Waals surface area contributed by atoms with Gasteiger partial charge < -0.3 is 10.8 Å². The molecule has 17 heavy (non-hydrogen) atoms. The summed E-state index contributed by atoms with van der Waals surface area (Å²) in [5.41, 5.74) is 11.9. The molecule has 2 heteroatoms. The van der Waals surface area contributed by atoms with Gasteiger partial charge in [0.2, 0.25) is 0 Å². The Labute approximate surface area is 102 Å². The molecule has 0 fully saturated rings. The molecule has 2 rings (SSSR count). The molecule has 2 aromatic carbocycles. The highest BCUT2D eigenvalue weighted by Gasteiger charge is 2.12. The molecule has 0 aliphatic heterocycles. The van der Waals surface area contributed by atoms with E-state index in [9.17, 15) is 5.11 Å². The molecule has 0 amide bonds. The van der Waals surface area contributed by atoms with E-state index in [1.165, 1.54) is 16.7 Å². The van der Waals surface area contributed by atoms with E-state index in [-0.39, 0.29) is 5.75 Å². The number of rotatable bonds is 1. The minimum atomic E-state index is 0.233. The van der Waals surface area contributed by atoms with Crippen LogP contribution in [0.1, 0.15) is 16.7 Å². The lowest BCUT2D eigenvalue weighted by Gasteiger charge is -2.14. The lowest BCUT2D eigenvalue weighted by molar-refractivity contribution is 0.477. The van der Waals surface area contributed by atoms with Crippen molar-refractivity contribution in [3.63, 3.8) is 0 Å². The fraction of sp³-hybridized carbons (Fsp3) is 0.200. The topological polar surface area (TPSA) is 46.2 Å². The van der Waals surface area contributed by atoms with Crippen molar-refractivity contribution in [1.29, 1.82) is 0 Å². The van der Waals surface area contributed by atoms with E-state index in [0.717, 1.165) is 11.1 Å². The van der Waals surface area contributed by atoms with Crippen molar-refractivity contribution in [2.75, 3.05) is 5.73 Å². The Balaban J connectivity index is 2.74. The summed E-state index contributed by atoms with van der Waals surface area (Å²) < 4.78 is 0. The van der Waals surface area contributed by atoms with Gasteiger partial charge in [0, 0.05) is 11.3 Å². The molecule has 0 unspecified atom stereocenters. The zero-order valence-electron chi connectivity index (χ0n) is 10.4. The Hall–Kier alpha value is -1.96. The van der Waals surface area contributed by atoms with Crippen LogP contribution in [0, 0.1) is 20.8 Å². The predicted molar refractivity (Wildman–Crippen MR) is 72.2 cm³/mol. The van der Waals surface area contributed by atoms with Gasteiger partial charge in [0.05, 0.1) is 0 Å². The number of aromatic hydroxyl groups is 1. The van der Waals surface area contributed by atoms with Crippen molar-refractivity contribution in [3.05, 3.63) is 47.0 Å². The first-order valence-electron chi connectivity index (χ1n) is 5.67. The third kappa shape index (κ3) is 1.86. The van der Waals surface area contributed by atoms with Crippen LogP contribution < -0.4 is 5.73 Å². The molecule has 0 heterocycles. The maximum atomic E-state index is 9.95. The summed E-state index contributed by atoms with van der Waals surface area (Å²) in [6.45, 7) is 6.23. The number of anilines is 1. The summed E-state index contributed by atoms with van der Waals surface area (Å²) in [5.74, 6) is 0.233. The number of hydrogen-bond acceptors (Lipinski definition) is 2. The standard InChI is InChI=1S/C15H17NO/c1-9-7-8-12(11(3)10(9)2)15-13(16)5-4-6-14(15)17/h4-8,17H,16H2,1-3H3. The third-order valence-corrected chi connectivity index (χ3v) is 3.40. The highest BCUT2D eigenvalue weighted by molar-refractivity contribution is 5.84. The summed E-state index contributed by atoms with van der Waals surface area (Å²) >= 11 is 0. The molecule has 0 atom stereocenters. The average molecular weight is 227 g/mol. The van der Waals surface area contributed by atoms with Crippen LogP contribution in [-0.2, 0) is 0 Å². The Kier molecular flexibility index (Phi) is 2.80. The molecule has 0 spiro atoms. The van der Waals surface area contributed by atoms with E-state index in [1.807, 2.05) is 12.1 Å². The second-order valence-corrected chi connectivity index (χ2v) is 4.42. The fourth-order valence-corrected chi connectivity index (χ4v) is 2.08. The van der Waals surface area contributed by atoms with Crippen molar-refractivity contribution < 1.29 is 5.11 Å². The quantitative estimate of drug-likeness (QED) is 0.732. The van der Waals surface area contributed by atoms with Gasteiger partial charge in [0.25, 0.3) is 0 Å². The molecule has 2 nitrogen and oxygen atoms in total. The fourth-order valence-electron chi connectivity index (χ4n) is 2.08. The van der Waals surface area contributed by atoms with Gasteiger partial charge in [-0.3, -0.25) is 0 Å². The largest absolute Gasteiger partial charge is 0.507 e. The van der Waals surface area contributed by atoms with Crippen molar-refractivity contribution in [1.82, 2.24) is 0 Å². The number of benzene rings is 2. The highest BCUT2D eigenvalue weighted by Crippen LogP contribution is 2.37. The molecule has 0 radical (unpaired) electrons. The zero-order valence-corrected chi connectivity index (χ0v) is 10.4. The van der Waals surface area contributed by atoms with E-state index >= 15 is 0 Å². The molecular weight excluding hydrogens is 210 g/mol. The van der Waals surface area contributed by atoms with Crippen molar-refractivity contribution in [2.45, 2.75) is 20.8 Å². The molecule has 0 saturated heterocycles. The molecule has 0 aliphatic rings. The second-order valence-electron chi connectivity index (χ2n) is 4.42. The van der Waals surface area contributed by atoms with Gasteiger partial charge in [-0.25, -0.2) is 0 Å². The van der Waals surface area contributed by atoms with Crippen LogP contribution in [-0.4, -0.2) is 5.11 Å². The van der Waals surface area contributed by atoms with Crippen LogP contribution in [0.5, 0.6) is 5.75 Å². The maximum absolute atomic E-state index is 9.95. The van der Waals surface area contributed by atoms with Crippen LogP contribution in [0.3, 0.4) is 0 Å². The first-order chi connectivity index (χ1) is 8.02. The molecule has 3 N–H and O–H groups in total. The van der Waals surface area contributed by atoms with Gasteiger partial charge in [0.1, 0.15) is 5.75 Å². The SMILES string of the molecule is Cc1ccc(-c2c(N)cccc2O)c(C)c1C. The van der Waals surface area contributed by atoms with Crippen LogP contribution >= 0.6 is 0 Å². The predicted octanol–water partition coefficient (Wildman–Crippen LogP) is 3.57. The lowest BCUT2D eigenvalue weighted by Crippen LogP contribution is -1.95. The Morgan fingerprint density at radius 2 is 1.65 bits per heavy atom. The lowest BCUT2D eigenvalue weighted by atomic mass is 9.93. The van der Waals surface area contributed by atoms with E-state index in [0.29, 0.717) is 5.69 Å². The summed E-state index contributed by atoms with van der Waals surface area (Å²) in [5, 5.41) is 9.95. The van der Waals surface area contributed by atoms with Crippen LogP contribution in [0.4, 0.5) is 5.69 Å². The summed E-state index contributed by atoms with van der Waals surface area (Å²) in [6, 6.07) is 9.31. The third-order valence-electron chi connectivity index (χ3n) is 3.40. The van der Waals surface area contributed by atoms with Gasteiger partial charge in [-0.1, -0.05) is 18.2 Å². The molecule has 88 valence electrons. The first kappa shape index (κ1) is 11.5. The van der Waals surface area contributed by atoms with Gasteiger partial charge in [-0.15, -0.1) is 0 Å². The zero-order chi connectivity index (χ0) is 12.6. The van der Waals surface area contributed by atoms with E-state index in [4.69, 9.17) is 5.73 Å². The number of aryl methyl sites for hydroxylation is 1. The monoisotopic (exact) mass is 227 g/mol. The van der Waals surface area contributed by atoms with Gasteiger partial charge in [-0.2, -0.15) is 0 Å². The van der Waals surface area contributed by atoms with Crippen molar-refractivity contribution >= 4 is 5.69 Å². The average Bonchev–Trinajstić information content (AvgIpc) is 2.29. The normalized spacial score (nSPS) is 10.5. The van der Waals surface area contributed by atoms with E-state index in [1.54, 1.807) is 12.1 Å². The number of phenols is 1. The Morgan fingerprint density at radius 3 is 2.29 bits per heavy atom. The van der Waals surface area contributed by atoms with Gasteiger partial charge in [-0.05, 0) is 55.2 Å². The van der Waals surface area contributed by atoms with Crippen LogP contribution in [0.15, 0.2) is 30.3 Å². The van der Waals surface area contributed by atoms with Crippen LogP contribution in [0.2, 0.25) is 0 Å². The number of phenolic OH excluding ortho intramolecular Hbond substituents is 1. The molecule has 0 bridgehead atoms. The summed E-state index contributed by atoms with van der Waals surface area (Å²) in [6.07, 6.45) is 0. The minimum Gasteiger partial charge on any atom is -0.507 e. The molecule has 0 saturated carbocycles. The minimum absolute atomic E-state index is 0.233. The Morgan fingerprint density at radius 1 is 0.941 bits per heavy atom.